The fraction of sp³-hybridized carbons (Fsp3) is 0. The Labute approximate surface area is 344 Å². The van der Waals surface area contributed by atoms with Crippen molar-refractivity contribution in [2.45, 2.75) is 0 Å². The third-order valence-electron chi connectivity index (χ3n) is 10.1. The Kier molecular flexibility index (Phi) is 7.64. The Morgan fingerprint density at radius 2 is 0.589 bits per heavy atom. The van der Waals surface area contributed by atoms with E-state index in [-0.39, 0.29) is 22.3 Å². The second-order valence-corrected chi connectivity index (χ2v) is 22.9. The van der Waals surface area contributed by atoms with E-state index in [9.17, 15) is 0 Å². The van der Waals surface area contributed by atoms with Gasteiger partial charge in [0.2, 0.25) is 0 Å². The van der Waals surface area contributed by atoms with Gasteiger partial charge in [0, 0.05) is 32.7 Å². The highest BCUT2D eigenvalue weighted by molar-refractivity contribution is 7.38. The number of fused-ring (bicyclic) bond motifs is 4. The maximum Gasteiger partial charge on any atom is 0.134 e. The fourth-order valence-electron chi connectivity index (χ4n) is 7.83. The van der Waals surface area contributed by atoms with E-state index in [1.807, 2.05) is 0 Å². The predicted octanol–water partition coefficient (Wildman–Crippen LogP) is 13.9. The molecule has 0 saturated carbocycles. The summed E-state index contributed by atoms with van der Waals surface area (Å²) in [4.78, 5) is 0. The van der Waals surface area contributed by atoms with Crippen molar-refractivity contribution in [1.82, 2.24) is 0 Å². The molecule has 0 aromatic heterocycles. The zero-order chi connectivity index (χ0) is 37.4. The van der Waals surface area contributed by atoms with Gasteiger partial charge in [0.1, 0.15) is 38.7 Å². The summed E-state index contributed by atoms with van der Waals surface area (Å²) in [5.41, 5.74) is -0.298. The van der Waals surface area contributed by atoms with Gasteiger partial charge in [0.05, 0.1) is 36.9 Å². The SMILES string of the molecule is Fc1cccc(F)c1C(C(c1c(F)cccc1F)=c1sc2sc3c4cccc5cccc(c=3sc=2s1)c54)=c1sc2sc3c4cccc5cccc(c=3sc=2s1)c54. The Morgan fingerprint density at radius 3 is 0.875 bits per heavy atom. The molecule has 12 heteroatoms. The molecule has 2 aliphatic carbocycles. The molecule has 0 saturated heterocycles. The van der Waals surface area contributed by atoms with Gasteiger partial charge >= 0.3 is 0 Å². The van der Waals surface area contributed by atoms with Crippen LogP contribution in [0, 0.1) is 56.8 Å². The lowest BCUT2D eigenvalue weighted by Crippen LogP contribution is -2.14. The average molecular weight is 879 g/mol. The van der Waals surface area contributed by atoms with E-state index in [0.29, 0.717) is 7.69 Å². The van der Waals surface area contributed by atoms with Crippen molar-refractivity contribution in [2.75, 3.05) is 0 Å². The highest BCUT2D eigenvalue weighted by Crippen LogP contribution is 2.40. The molecule has 0 atom stereocenters. The van der Waals surface area contributed by atoms with Crippen LogP contribution < -0.4 is 7.69 Å². The van der Waals surface area contributed by atoms with Gasteiger partial charge in [-0.25, -0.2) is 17.6 Å². The number of benzene rings is 6. The second kappa shape index (κ2) is 12.6. The third-order valence-corrected chi connectivity index (χ3v) is 21.6. The van der Waals surface area contributed by atoms with Crippen molar-refractivity contribution in [2.24, 2.45) is 0 Å². The molecule has 6 aromatic rings. The van der Waals surface area contributed by atoms with Crippen molar-refractivity contribution in [3.05, 3.63) is 185 Å². The van der Waals surface area contributed by atoms with Crippen LogP contribution in [-0.4, -0.2) is 0 Å². The lowest BCUT2D eigenvalue weighted by molar-refractivity contribution is 0.573. The molecule has 0 radical (unpaired) electrons. The van der Waals surface area contributed by atoms with Crippen LogP contribution in [0.4, 0.5) is 17.6 Å². The molecule has 0 amide bonds. The van der Waals surface area contributed by atoms with E-state index in [1.165, 1.54) is 125 Å². The lowest BCUT2D eigenvalue weighted by atomic mass is 9.93. The molecule has 0 spiro atoms. The molecule has 0 fully saturated rings. The second-order valence-electron chi connectivity index (χ2n) is 13.2. The highest BCUT2D eigenvalue weighted by atomic mass is 32.2. The lowest BCUT2D eigenvalue weighted by Gasteiger charge is -2.15. The van der Waals surface area contributed by atoms with Gasteiger partial charge < -0.3 is 0 Å². The average Bonchev–Trinajstić information content (AvgIpc) is 3.97. The van der Waals surface area contributed by atoms with Crippen molar-refractivity contribution < 1.29 is 17.6 Å². The Morgan fingerprint density at radius 1 is 0.321 bits per heavy atom. The molecule has 0 nitrogen and oxygen atoms in total. The first-order chi connectivity index (χ1) is 27.4. The van der Waals surface area contributed by atoms with Crippen LogP contribution in [0.15, 0.2) is 109 Å². The van der Waals surface area contributed by atoms with Gasteiger partial charge in [0.15, 0.2) is 0 Å². The minimum atomic E-state index is -0.797. The summed E-state index contributed by atoms with van der Waals surface area (Å²) in [5.74, 6) is -3.19. The predicted molar refractivity (Wildman–Crippen MR) is 233 cm³/mol. The first-order valence-electron chi connectivity index (χ1n) is 17.2. The Hall–Kier alpha value is -4.24. The fourth-order valence-corrected chi connectivity index (χ4v) is 20.2. The maximum absolute atomic E-state index is 16.3. The molecule has 0 N–H and O–H groups in total. The van der Waals surface area contributed by atoms with E-state index < -0.39 is 23.3 Å². The molecule has 4 aliphatic heterocycles. The van der Waals surface area contributed by atoms with Crippen LogP contribution >= 0.6 is 90.7 Å². The molecule has 0 bridgehead atoms. The molecule has 56 heavy (non-hydrogen) atoms. The summed E-state index contributed by atoms with van der Waals surface area (Å²) in [7, 11) is 0. The maximum atomic E-state index is 16.3. The standard InChI is InChI=1S/C44H18F4S8/c45-25-15-5-16-26(46)31(25)33(39-53-41-42(54-39)50-36-22-12-2-8-19-7-1-11-21(29(19)22)35(36)49-41)34(32-27(47)17-6-18-28(32)48)40-55-43-44(56-40)52-38-24-14-4-10-20-9-3-13-23(30(20)24)37(38)51-43/h1-18H. The molecule has 270 valence electrons. The summed E-state index contributed by atoms with van der Waals surface area (Å²) < 4.78 is 74.9. The summed E-state index contributed by atoms with van der Waals surface area (Å²) >= 11 is 12.3. The highest BCUT2D eigenvalue weighted by Gasteiger charge is 2.27. The van der Waals surface area contributed by atoms with Crippen LogP contribution in [0.3, 0.4) is 0 Å². The van der Waals surface area contributed by atoms with E-state index in [4.69, 9.17) is 0 Å². The molecule has 12 rings (SSSR count). The summed E-state index contributed by atoms with van der Waals surface area (Å²) in [5, 5.41) is 9.49. The third kappa shape index (κ3) is 4.88. The number of halogens is 4. The van der Waals surface area contributed by atoms with E-state index in [1.54, 1.807) is 45.3 Å². The van der Waals surface area contributed by atoms with Crippen LogP contribution in [0.5, 0.6) is 0 Å². The molecule has 6 aromatic carbocycles. The summed E-state index contributed by atoms with van der Waals surface area (Å²) in [6.07, 6.45) is 0. The van der Waals surface area contributed by atoms with Gasteiger partial charge in [0.25, 0.3) is 0 Å². The first-order valence-corrected chi connectivity index (χ1v) is 23.8. The van der Waals surface area contributed by atoms with Gasteiger partial charge in [-0.05, 0) is 45.8 Å². The van der Waals surface area contributed by atoms with Crippen molar-refractivity contribution in [1.29, 1.82) is 0 Å². The largest absolute Gasteiger partial charge is 0.206 e. The topological polar surface area (TPSA) is 0 Å². The zero-order valence-electron chi connectivity index (χ0n) is 28.2. The van der Waals surface area contributed by atoms with Gasteiger partial charge in [-0.3, -0.25) is 0 Å². The van der Waals surface area contributed by atoms with Crippen molar-refractivity contribution in [3.63, 3.8) is 0 Å². The van der Waals surface area contributed by atoms with Crippen LogP contribution in [0.2, 0.25) is 0 Å². The Balaban J connectivity index is 1.24. The monoisotopic (exact) mass is 878 g/mol. The molecular formula is C44H18F4S8. The quantitative estimate of drug-likeness (QED) is 0.155. The number of hydrogen-bond acceptors (Lipinski definition) is 8. The summed E-state index contributed by atoms with van der Waals surface area (Å²) in [6, 6.07) is 32.8. The van der Waals surface area contributed by atoms with Gasteiger partial charge in [-0.15, -0.1) is 90.7 Å². The number of rotatable bonds is 3. The van der Waals surface area contributed by atoms with Crippen molar-refractivity contribution in [3.8, 4) is 0 Å². The minimum Gasteiger partial charge on any atom is -0.206 e. The van der Waals surface area contributed by atoms with Crippen molar-refractivity contribution >= 4 is 145 Å². The van der Waals surface area contributed by atoms with Crippen LogP contribution in [0.1, 0.15) is 11.1 Å². The number of hydrogen-bond donors (Lipinski definition) is 0. The van der Waals surface area contributed by atoms with Crippen LogP contribution in [0.25, 0.3) is 54.2 Å². The summed E-state index contributed by atoms with van der Waals surface area (Å²) in [6.45, 7) is 0. The normalized spacial score (nSPS) is 12.3. The smallest absolute Gasteiger partial charge is 0.134 e. The molecule has 4 heterocycles. The molecule has 0 unspecified atom stereocenters. The Bertz CT molecular complexity index is 3530. The minimum absolute atomic E-state index is 0.151. The molecule has 6 aliphatic rings. The first kappa shape index (κ1) is 33.9. The van der Waals surface area contributed by atoms with Crippen LogP contribution in [-0.2, 0) is 0 Å². The van der Waals surface area contributed by atoms with E-state index >= 15 is 17.6 Å². The van der Waals surface area contributed by atoms with E-state index in [2.05, 4.69) is 72.8 Å². The van der Waals surface area contributed by atoms with Gasteiger partial charge in [-0.1, -0.05) is 84.9 Å². The zero-order valence-corrected chi connectivity index (χ0v) is 34.7. The van der Waals surface area contributed by atoms with Gasteiger partial charge in [-0.2, -0.15) is 0 Å². The molecular weight excluding hydrogens is 861 g/mol. The van der Waals surface area contributed by atoms with E-state index in [0.717, 1.165) is 33.5 Å².